The van der Waals surface area contributed by atoms with Crippen LogP contribution >= 0.6 is 0 Å². The second-order valence-corrected chi connectivity index (χ2v) is 3.61. The van der Waals surface area contributed by atoms with Crippen LogP contribution in [0.5, 0.6) is 0 Å². The van der Waals surface area contributed by atoms with Gasteiger partial charge in [-0.2, -0.15) is 0 Å². The summed E-state index contributed by atoms with van der Waals surface area (Å²) in [6.45, 7) is 2.60. The Labute approximate surface area is 90.9 Å². The third-order valence-electron chi connectivity index (χ3n) is 2.25. The molecule has 0 atom stereocenters. The van der Waals surface area contributed by atoms with Crippen LogP contribution in [-0.4, -0.2) is 35.4 Å². The predicted molar refractivity (Wildman–Crippen MR) is 59.8 cm³/mol. The highest BCUT2D eigenvalue weighted by Crippen LogP contribution is 2.02. The van der Waals surface area contributed by atoms with Gasteiger partial charge in [0.1, 0.15) is 5.84 Å². The largest absolute Gasteiger partial charge is 0.409 e. The summed E-state index contributed by atoms with van der Waals surface area (Å²) >= 11 is 0. The van der Waals surface area contributed by atoms with Gasteiger partial charge >= 0.3 is 0 Å². The number of amidine groups is 1. The number of rotatable bonds is 7. The fraction of sp³-hybridized carbons (Fsp3) is 0.800. The lowest BCUT2D eigenvalue weighted by Gasteiger charge is -2.16. The molecule has 0 rings (SSSR count). The van der Waals surface area contributed by atoms with E-state index in [2.05, 4.69) is 12.1 Å². The number of oxime groups is 1. The summed E-state index contributed by atoms with van der Waals surface area (Å²) in [5, 5.41) is 11.2. The van der Waals surface area contributed by atoms with Crippen molar-refractivity contribution >= 4 is 11.7 Å². The monoisotopic (exact) mass is 215 g/mol. The predicted octanol–water partition coefficient (Wildman–Crippen LogP) is 1.16. The molecule has 0 spiro atoms. The highest BCUT2D eigenvalue weighted by Gasteiger charge is 2.08. The maximum atomic E-state index is 11.5. The topological polar surface area (TPSA) is 78.9 Å². The highest BCUT2D eigenvalue weighted by molar-refractivity contribution is 5.81. The fourth-order valence-electron chi connectivity index (χ4n) is 1.17. The van der Waals surface area contributed by atoms with Gasteiger partial charge in [0.05, 0.1) is 0 Å². The molecule has 0 heterocycles. The lowest BCUT2D eigenvalue weighted by molar-refractivity contribution is -0.129. The summed E-state index contributed by atoms with van der Waals surface area (Å²) in [6.07, 6.45) is 4.12. The van der Waals surface area contributed by atoms with Gasteiger partial charge in [-0.3, -0.25) is 4.79 Å². The molecule has 5 heteroatoms. The van der Waals surface area contributed by atoms with Crippen LogP contribution in [-0.2, 0) is 4.79 Å². The maximum absolute atomic E-state index is 11.5. The van der Waals surface area contributed by atoms with Crippen molar-refractivity contribution in [1.82, 2.24) is 4.90 Å². The molecule has 5 nitrogen and oxygen atoms in total. The van der Waals surface area contributed by atoms with Crippen molar-refractivity contribution in [3.05, 3.63) is 0 Å². The van der Waals surface area contributed by atoms with E-state index in [1.165, 1.54) is 0 Å². The zero-order chi connectivity index (χ0) is 11.7. The van der Waals surface area contributed by atoms with E-state index < -0.39 is 0 Å². The molecule has 0 aliphatic carbocycles. The normalized spacial score (nSPS) is 11.5. The highest BCUT2D eigenvalue weighted by atomic mass is 16.4. The van der Waals surface area contributed by atoms with E-state index in [1.807, 2.05) is 0 Å². The van der Waals surface area contributed by atoms with Gasteiger partial charge in [-0.1, -0.05) is 24.9 Å². The van der Waals surface area contributed by atoms with E-state index in [9.17, 15) is 4.79 Å². The average molecular weight is 215 g/mol. The minimum atomic E-state index is 0.120. The summed E-state index contributed by atoms with van der Waals surface area (Å²) < 4.78 is 0. The zero-order valence-corrected chi connectivity index (χ0v) is 9.57. The first kappa shape index (κ1) is 13.7. The second-order valence-electron chi connectivity index (χ2n) is 3.61. The molecule has 0 saturated heterocycles. The number of carbonyl (C=O) groups excluding carboxylic acids is 1. The first-order valence-corrected chi connectivity index (χ1v) is 5.32. The standard InChI is InChI=1S/C10H21N3O2/c1-3-4-5-6-10(14)13(2)8-7-9(11)12-15/h15H,3-8H2,1-2H3,(H2,11,12). The lowest BCUT2D eigenvalue weighted by atomic mass is 10.2. The zero-order valence-electron chi connectivity index (χ0n) is 9.57. The number of carbonyl (C=O) groups is 1. The Morgan fingerprint density at radius 3 is 2.60 bits per heavy atom. The van der Waals surface area contributed by atoms with Crippen molar-refractivity contribution in [2.24, 2.45) is 10.9 Å². The van der Waals surface area contributed by atoms with Gasteiger partial charge < -0.3 is 15.8 Å². The van der Waals surface area contributed by atoms with Crippen LogP contribution in [0.25, 0.3) is 0 Å². The second kappa shape index (κ2) is 8.08. The lowest BCUT2D eigenvalue weighted by Crippen LogP contribution is -2.30. The van der Waals surface area contributed by atoms with Crippen molar-refractivity contribution in [1.29, 1.82) is 0 Å². The van der Waals surface area contributed by atoms with Gasteiger partial charge in [0.25, 0.3) is 0 Å². The molecule has 0 aromatic rings. The van der Waals surface area contributed by atoms with E-state index >= 15 is 0 Å². The van der Waals surface area contributed by atoms with Gasteiger partial charge in [-0.25, -0.2) is 0 Å². The molecule has 0 radical (unpaired) electrons. The van der Waals surface area contributed by atoms with Gasteiger partial charge in [-0.05, 0) is 6.42 Å². The third-order valence-corrected chi connectivity index (χ3v) is 2.25. The molecule has 3 N–H and O–H groups in total. The van der Waals surface area contributed by atoms with Crippen molar-refractivity contribution in [2.45, 2.75) is 39.0 Å². The minimum Gasteiger partial charge on any atom is -0.409 e. The summed E-state index contributed by atoms with van der Waals surface area (Å²) in [5.41, 5.74) is 5.31. The summed E-state index contributed by atoms with van der Waals surface area (Å²) in [7, 11) is 1.74. The number of hydrogen-bond donors (Lipinski definition) is 2. The Kier molecular flexibility index (Phi) is 7.40. The molecule has 0 saturated carbocycles. The summed E-state index contributed by atoms with van der Waals surface area (Å²) in [6, 6.07) is 0. The van der Waals surface area contributed by atoms with E-state index in [0.29, 0.717) is 19.4 Å². The number of nitrogens with two attached hydrogens (primary N) is 1. The Balaban J connectivity index is 3.69. The molecule has 0 aromatic carbocycles. The van der Waals surface area contributed by atoms with Crippen molar-refractivity contribution in [3.8, 4) is 0 Å². The molecule has 0 unspecified atom stereocenters. The Hall–Kier alpha value is -1.26. The molecule has 0 fully saturated rings. The summed E-state index contributed by atoms with van der Waals surface area (Å²) in [4.78, 5) is 13.1. The maximum Gasteiger partial charge on any atom is 0.222 e. The van der Waals surface area contributed by atoms with Crippen molar-refractivity contribution in [3.63, 3.8) is 0 Å². The molecule has 0 bridgehead atoms. The molecule has 0 aliphatic rings. The molecule has 15 heavy (non-hydrogen) atoms. The average Bonchev–Trinajstić information content (AvgIpc) is 2.25. The van der Waals surface area contributed by atoms with Gasteiger partial charge in [0.15, 0.2) is 0 Å². The van der Waals surface area contributed by atoms with Crippen LogP contribution in [0.4, 0.5) is 0 Å². The van der Waals surface area contributed by atoms with E-state index in [-0.39, 0.29) is 11.7 Å². The Morgan fingerprint density at radius 2 is 2.07 bits per heavy atom. The molecule has 1 amide bonds. The van der Waals surface area contributed by atoms with Crippen LogP contribution in [0.15, 0.2) is 5.16 Å². The van der Waals surface area contributed by atoms with Crippen LogP contribution in [0, 0.1) is 0 Å². The van der Waals surface area contributed by atoms with Crippen LogP contribution in [0.1, 0.15) is 39.0 Å². The van der Waals surface area contributed by atoms with Crippen LogP contribution in [0.3, 0.4) is 0 Å². The van der Waals surface area contributed by atoms with Crippen molar-refractivity contribution < 1.29 is 10.0 Å². The molecule has 0 aliphatic heterocycles. The molecule has 0 aromatic heterocycles. The number of amides is 1. The Morgan fingerprint density at radius 1 is 1.40 bits per heavy atom. The van der Waals surface area contributed by atoms with Crippen LogP contribution in [0.2, 0.25) is 0 Å². The molecular formula is C10H21N3O2. The fourth-order valence-corrected chi connectivity index (χ4v) is 1.17. The number of hydrogen-bond acceptors (Lipinski definition) is 3. The molecule has 88 valence electrons. The van der Waals surface area contributed by atoms with Gasteiger partial charge in [0, 0.05) is 26.4 Å². The first-order chi connectivity index (χ1) is 7.11. The Bertz CT molecular complexity index is 217. The van der Waals surface area contributed by atoms with Crippen LogP contribution < -0.4 is 5.73 Å². The smallest absolute Gasteiger partial charge is 0.222 e. The van der Waals surface area contributed by atoms with Gasteiger partial charge in [0.2, 0.25) is 5.91 Å². The number of unbranched alkanes of at least 4 members (excludes halogenated alkanes) is 2. The van der Waals surface area contributed by atoms with E-state index in [1.54, 1.807) is 11.9 Å². The van der Waals surface area contributed by atoms with E-state index in [4.69, 9.17) is 10.9 Å². The quantitative estimate of drug-likeness (QED) is 0.220. The molecular weight excluding hydrogens is 194 g/mol. The van der Waals surface area contributed by atoms with Gasteiger partial charge in [-0.15, -0.1) is 0 Å². The SMILES string of the molecule is CCCCCC(=O)N(C)CC/C(N)=N/O. The summed E-state index contributed by atoms with van der Waals surface area (Å²) in [5.74, 6) is 0.275. The first-order valence-electron chi connectivity index (χ1n) is 5.32. The number of nitrogens with zero attached hydrogens (tertiary/aromatic N) is 2. The van der Waals surface area contributed by atoms with E-state index in [0.717, 1.165) is 19.3 Å². The van der Waals surface area contributed by atoms with Crippen molar-refractivity contribution in [2.75, 3.05) is 13.6 Å². The third kappa shape index (κ3) is 6.76. The minimum absolute atomic E-state index is 0.120.